The second kappa shape index (κ2) is 22.2. The first-order chi connectivity index (χ1) is 31.6. The molecule has 4 N–H and O–H groups in total. The van der Waals surface area contributed by atoms with Gasteiger partial charge in [-0.05, 0) is 60.7 Å². The number of thiocarbonyl (C=S) groups is 1. The number of ether oxygens (including phenoxy) is 2. The highest BCUT2D eigenvalue weighted by Gasteiger charge is 2.28. The van der Waals surface area contributed by atoms with Crippen LogP contribution in [0.3, 0.4) is 0 Å². The maximum absolute atomic E-state index is 14.2. The predicted molar refractivity (Wildman–Crippen MR) is 250 cm³/mol. The van der Waals surface area contributed by atoms with E-state index in [9.17, 15) is 47.2 Å². The molecule has 0 saturated heterocycles. The van der Waals surface area contributed by atoms with Crippen molar-refractivity contribution in [2.24, 2.45) is 0 Å². The molecule has 0 aromatic heterocycles. The lowest BCUT2D eigenvalue weighted by atomic mass is 10.2. The second-order valence-corrected chi connectivity index (χ2v) is 18.2. The Labute approximate surface area is 384 Å². The maximum Gasteiger partial charge on any atom is 0.301 e. The van der Waals surface area contributed by atoms with Crippen molar-refractivity contribution in [2.45, 2.75) is 13.1 Å². The topological polar surface area (TPSA) is 274 Å². The van der Waals surface area contributed by atoms with Gasteiger partial charge in [0.2, 0.25) is 0 Å². The Kier molecular flexibility index (Phi) is 16.3. The Balaban J connectivity index is 1.31. The van der Waals surface area contributed by atoms with Crippen molar-refractivity contribution in [2.75, 3.05) is 67.2 Å². The van der Waals surface area contributed by atoms with Crippen molar-refractivity contribution >= 4 is 71.9 Å². The van der Waals surface area contributed by atoms with Crippen molar-refractivity contribution in [3.05, 3.63) is 163 Å². The van der Waals surface area contributed by atoms with Gasteiger partial charge in [-0.1, -0.05) is 36.4 Å². The minimum atomic E-state index is -4.39. The third-order valence-electron chi connectivity index (χ3n) is 9.95. The van der Waals surface area contributed by atoms with Gasteiger partial charge in [-0.3, -0.25) is 44.7 Å². The molecule has 6 rings (SSSR count). The average molecular weight is 965 g/mol. The van der Waals surface area contributed by atoms with Gasteiger partial charge in [-0.25, -0.2) is 0 Å². The van der Waals surface area contributed by atoms with Gasteiger partial charge in [0.05, 0.1) is 26.1 Å². The van der Waals surface area contributed by atoms with Crippen LogP contribution in [0.2, 0.25) is 0 Å². The number of para-hydroxylation sites is 2. The Morgan fingerprint density at radius 2 is 0.939 bits per heavy atom. The van der Waals surface area contributed by atoms with Crippen molar-refractivity contribution in [1.82, 2.24) is 18.8 Å². The lowest BCUT2D eigenvalue weighted by Crippen LogP contribution is -2.46. The number of fused-ring (bicyclic) bond motifs is 2. The first-order valence-corrected chi connectivity index (χ1v) is 23.3. The molecule has 0 amide bonds. The second-order valence-electron chi connectivity index (χ2n) is 14.4. The average Bonchev–Trinajstić information content (AvgIpc) is 3.28. The van der Waals surface area contributed by atoms with Gasteiger partial charge in [0.25, 0.3) is 17.1 Å². The summed E-state index contributed by atoms with van der Waals surface area (Å²) < 4.78 is 76.6. The highest BCUT2D eigenvalue weighted by Crippen LogP contribution is 2.26. The summed E-state index contributed by atoms with van der Waals surface area (Å²) in [5.74, 6) is 0.776. The van der Waals surface area contributed by atoms with Crippen LogP contribution < -0.4 is 29.6 Å². The molecule has 1 heterocycles. The van der Waals surface area contributed by atoms with E-state index < -0.39 is 35.2 Å². The summed E-state index contributed by atoms with van der Waals surface area (Å²) in [5.41, 5.74) is 1.08. The molecule has 348 valence electrons. The predicted octanol–water partition coefficient (Wildman–Crippen LogP) is 5.49. The summed E-state index contributed by atoms with van der Waals surface area (Å²) in [5, 5.41) is 39.9. The van der Waals surface area contributed by atoms with E-state index in [1.54, 1.807) is 48.5 Å². The zero-order chi connectivity index (χ0) is 47.3. The molecule has 0 unspecified atom stereocenters. The van der Waals surface area contributed by atoms with E-state index in [1.165, 1.54) is 81.4 Å². The number of nitrogens with zero attached hydrogens (tertiary/aromatic N) is 6. The van der Waals surface area contributed by atoms with E-state index in [4.69, 9.17) is 21.7 Å². The quantitative estimate of drug-likeness (QED) is 0.0645. The number of anilines is 3. The minimum Gasteiger partial charge on any atom is -0.490 e. The molecule has 1 aliphatic rings. The van der Waals surface area contributed by atoms with Crippen LogP contribution in [0.4, 0.5) is 34.1 Å². The largest absolute Gasteiger partial charge is 0.490 e. The number of rotatable bonds is 13. The third kappa shape index (κ3) is 13.7. The molecular weight excluding hydrogens is 921 g/mol. The van der Waals surface area contributed by atoms with E-state index in [0.29, 0.717) is 28.3 Å². The molecule has 1 aliphatic heterocycles. The van der Waals surface area contributed by atoms with E-state index >= 15 is 0 Å². The molecule has 66 heavy (non-hydrogen) atoms. The van der Waals surface area contributed by atoms with Crippen molar-refractivity contribution < 1.29 is 41.1 Å². The Morgan fingerprint density at radius 1 is 0.561 bits per heavy atom. The summed E-state index contributed by atoms with van der Waals surface area (Å²) in [6.45, 7) is -0.161. The summed E-state index contributed by atoms with van der Waals surface area (Å²) >= 11 is 5.48. The first-order valence-electron chi connectivity index (χ1n) is 20.0. The zero-order valence-corrected chi connectivity index (χ0v) is 37.4. The number of nitro groups is 3. The minimum absolute atomic E-state index is 0.0323. The van der Waals surface area contributed by atoms with Crippen molar-refractivity contribution in [1.29, 1.82) is 0 Å². The van der Waals surface area contributed by atoms with Gasteiger partial charge in [-0.2, -0.15) is 25.4 Å². The standard InChI is InChI=1S/C41H44N10O12S3/c52-49(53)36-15-9-33(10-16-36)43-41(64)42-21-22-46-23-25-47(65(58,59)44-34-11-17-37(18-12-34)50(54)55)29-31-5-1-3-7-39(31)62-27-28-63-40-8-4-2-6-32(40)30-48(26-24-46)66(60,61)45-35-13-19-38(20-14-35)51(56)57/h1-20,44-45H,21-30H2,(H2,42,43,64). The number of non-ortho nitro benzene ring substituents is 3. The van der Waals surface area contributed by atoms with Crippen LogP contribution in [-0.2, 0) is 33.5 Å². The fourth-order valence-electron chi connectivity index (χ4n) is 6.54. The molecule has 5 aromatic rings. The molecular formula is C41H44N10O12S3. The van der Waals surface area contributed by atoms with Crippen molar-refractivity contribution in [3.63, 3.8) is 0 Å². The smallest absolute Gasteiger partial charge is 0.301 e. The molecule has 0 atom stereocenters. The number of nitrogens with one attached hydrogen (secondary N) is 4. The molecule has 0 spiro atoms. The summed E-state index contributed by atoms with van der Waals surface area (Å²) in [6.07, 6.45) is 0. The van der Waals surface area contributed by atoms with E-state index in [2.05, 4.69) is 20.1 Å². The lowest BCUT2D eigenvalue weighted by molar-refractivity contribution is -0.385. The van der Waals surface area contributed by atoms with Crippen LogP contribution in [0.15, 0.2) is 121 Å². The molecule has 0 fully saturated rings. The Morgan fingerprint density at radius 3 is 1.33 bits per heavy atom. The number of nitro benzene ring substituents is 3. The fourth-order valence-corrected chi connectivity index (χ4v) is 9.15. The SMILES string of the molecule is O=[N+]([O-])c1ccc(NC(=S)NCCN2CCN(S(=O)(=O)Nc3ccc([N+](=O)[O-])cc3)Cc3ccccc3OCCOc3ccccc3CN(S(=O)(=O)Nc3ccc([N+](=O)[O-])cc3)CC2)cc1. The van der Waals surface area contributed by atoms with Gasteiger partial charge in [0.1, 0.15) is 24.7 Å². The molecule has 22 nitrogen and oxygen atoms in total. The number of benzene rings is 5. The van der Waals surface area contributed by atoms with Crippen molar-refractivity contribution in [3.8, 4) is 11.5 Å². The molecule has 5 aromatic carbocycles. The van der Waals surface area contributed by atoms with Crippen LogP contribution >= 0.6 is 12.2 Å². The normalized spacial score (nSPS) is 14.7. The van der Waals surface area contributed by atoms with E-state index in [1.807, 2.05) is 4.90 Å². The van der Waals surface area contributed by atoms with Gasteiger partial charge in [0.15, 0.2) is 5.11 Å². The van der Waals surface area contributed by atoms with Crippen LogP contribution in [0.1, 0.15) is 11.1 Å². The molecule has 0 aliphatic carbocycles. The van der Waals surface area contributed by atoms with Crippen LogP contribution in [0.25, 0.3) is 0 Å². The summed E-state index contributed by atoms with van der Waals surface area (Å²) in [6, 6.07) is 29.2. The van der Waals surface area contributed by atoms with E-state index in [-0.39, 0.29) is 99.1 Å². The third-order valence-corrected chi connectivity index (χ3v) is 13.2. The molecule has 25 heteroatoms. The Bertz CT molecular complexity index is 2580. The summed E-state index contributed by atoms with van der Waals surface area (Å²) in [4.78, 5) is 33.8. The number of hydrogen-bond acceptors (Lipinski definition) is 14. The molecule has 0 saturated carbocycles. The monoisotopic (exact) mass is 964 g/mol. The molecule has 0 bridgehead atoms. The Hall–Kier alpha value is -7.03. The summed E-state index contributed by atoms with van der Waals surface area (Å²) in [7, 11) is -8.78. The maximum atomic E-state index is 14.2. The van der Waals surface area contributed by atoms with Crippen LogP contribution in [0.5, 0.6) is 11.5 Å². The van der Waals surface area contributed by atoms with Gasteiger partial charge in [0, 0.05) is 106 Å². The van der Waals surface area contributed by atoms with Gasteiger partial charge >= 0.3 is 20.4 Å². The fraction of sp³-hybridized carbons (Fsp3) is 0.244. The van der Waals surface area contributed by atoms with E-state index in [0.717, 1.165) is 0 Å². The molecule has 0 radical (unpaired) electrons. The zero-order valence-electron chi connectivity index (χ0n) is 34.9. The van der Waals surface area contributed by atoms with Gasteiger partial charge < -0.3 is 20.1 Å². The lowest BCUT2D eigenvalue weighted by Gasteiger charge is -2.30. The number of hydrogen-bond donors (Lipinski definition) is 4. The highest BCUT2D eigenvalue weighted by molar-refractivity contribution is 7.90. The van der Waals surface area contributed by atoms with Gasteiger partial charge in [-0.15, -0.1) is 0 Å². The van der Waals surface area contributed by atoms with Crippen LogP contribution in [-0.4, -0.2) is 103 Å². The first kappa shape index (κ1) is 48.4. The highest BCUT2D eigenvalue weighted by atomic mass is 32.2. The van der Waals surface area contributed by atoms with Crippen LogP contribution in [0, 0.1) is 30.3 Å².